The van der Waals surface area contributed by atoms with Crippen LogP contribution in [0.4, 0.5) is 0 Å². The first-order valence-electron chi connectivity index (χ1n) is 17.9. The normalized spacial score (nSPS) is 20.0. The Balaban J connectivity index is 1.44. The number of hydrogen-bond donors (Lipinski definition) is 4. The SMILES string of the molecule is Cc1cc(C(=O)N2CCCC(=O)N[C@@H](C)C(=O)N[C@H](Cc3ccccc3)C(=O)N[C@@H](C(C)C)c3nc(C)nn3CC(=O)NCC2)c2c(C)nn(C)c2n1. The average molecular weight is 728 g/mol. The summed E-state index contributed by atoms with van der Waals surface area (Å²) >= 11 is 0. The van der Waals surface area contributed by atoms with Crippen molar-refractivity contribution >= 4 is 40.6 Å². The summed E-state index contributed by atoms with van der Waals surface area (Å²) in [5.74, 6) is -1.35. The summed E-state index contributed by atoms with van der Waals surface area (Å²) in [6.45, 7) is 11.0. The number of pyridine rings is 1. The van der Waals surface area contributed by atoms with E-state index in [0.717, 1.165) is 5.56 Å². The molecule has 0 saturated heterocycles. The lowest BCUT2D eigenvalue weighted by molar-refractivity contribution is -0.132. The third-order valence-corrected chi connectivity index (χ3v) is 9.18. The van der Waals surface area contributed by atoms with Crippen molar-refractivity contribution in [3.05, 3.63) is 70.6 Å². The van der Waals surface area contributed by atoms with Crippen molar-refractivity contribution < 1.29 is 24.0 Å². The van der Waals surface area contributed by atoms with E-state index in [1.807, 2.05) is 58.0 Å². The first-order valence-corrected chi connectivity index (χ1v) is 17.9. The quantitative estimate of drug-likeness (QED) is 0.241. The van der Waals surface area contributed by atoms with Crippen molar-refractivity contribution in [3.63, 3.8) is 0 Å². The predicted octanol–water partition coefficient (Wildman–Crippen LogP) is 1.58. The maximum atomic E-state index is 14.2. The van der Waals surface area contributed by atoms with E-state index in [4.69, 9.17) is 0 Å². The van der Waals surface area contributed by atoms with Gasteiger partial charge in [0, 0.05) is 45.2 Å². The molecule has 0 spiro atoms. The predicted molar refractivity (Wildman–Crippen MR) is 196 cm³/mol. The van der Waals surface area contributed by atoms with Gasteiger partial charge in [-0.05, 0) is 51.7 Å². The number of benzene rings is 1. The summed E-state index contributed by atoms with van der Waals surface area (Å²) in [7, 11) is 1.77. The van der Waals surface area contributed by atoms with Crippen LogP contribution in [-0.4, -0.2) is 95.7 Å². The molecule has 16 nitrogen and oxygen atoms in total. The summed E-state index contributed by atoms with van der Waals surface area (Å²) in [6.07, 6.45) is 0.517. The van der Waals surface area contributed by atoms with E-state index in [9.17, 15) is 24.0 Å². The average Bonchev–Trinajstić information content (AvgIpc) is 3.61. The maximum Gasteiger partial charge on any atom is 0.254 e. The highest BCUT2D eigenvalue weighted by Crippen LogP contribution is 2.24. The second kappa shape index (κ2) is 16.8. The van der Waals surface area contributed by atoms with Crippen molar-refractivity contribution in [2.24, 2.45) is 13.0 Å². The summed E-state index contributed by atoms with van der Waals surface area (Å²) in [5.41, 5.74) is 3.16. The van der Waals surface area contributed by atoms with Crippen LogP contribution in [0.1, 0.15) is 78.6 Å². The van der Waals surface area contributed by atoms with Crippen molar-refractivity contribution in [2.45, 2.75) is 85.5 Å². The smallest absolute Gasteiger partial charge is 0.254 e. The molecule has 0 saturated carbocycles. The van der Waals surface area contributed by atoms with E-state index in [-0.39, 0.29) is 69.1 Å². The molecule has 1 aliphatic rings. The lowest BCUT2D eigenvalue weighted by atomic mass is 10.0. The summed E-state index contributed by atoms with van der Waals surface area (Å²) < 4.78 is 3.11. The van der Waals surface area contributed by atoms with Crippen molar-refractivity contribution in [1.29, 1.82) is 0 Å². The second-order valence-corrected chi connectivity index (χ2v) is 13.9. The Morgan fingerprint density at radius 3 is 2.38 bits per heavy atom. The highest BCUT2D eigenvalue weighted by Gasteiger charge is 2.31. The molecule has 53 heavy (non-hydrogen) atoms. The van der Waals surface area contributed by atoms with Gasteiger partial charge >= 0.3 is 0 Å². The zero-order valence-corrected chi connectivity index (χ0v) is 31.4. The van der Waals surface area contributed by atoms with Crippen LogP contribution < -0.4 is 21.3 Å². The van der Waals surface area contributed by atoms with Crippen LogP contribution in [0.3, 0.4) is 0 Å². The molecule has 1 aromatic carbocycles. The van der Waals surface area contributed by atoms with E-state index in [1.54, 1.807) is 36.5 Å². The Hall–Kier alpha value is -5.67. The molecule has 5 rings (SSSR count). The Morgan fingerprint density at radius 1 is 0.925 bits per heavy atom. The monoisotopic (exact) mass is 727 g/mol. The first-order chi connectivity index (χ1) is 25.2. The summed E-state index contributed by atoms with van der Waals surface area (Å²) in [4.78, 5) is 78.7. The number of nitrogens with one attached hydrogen (secondary N) is 4. The molecule has 3 aromatic heterocycles. The molecule has 0 aliphatic carbocycles. The van der Waals surface area contributed by atoms with Gasteiger partial charge in [0.1, 0.15) is 24.5 Å². The summed E-state index contributed by atoms with van der Waals surface area (Å²) in [5, 5.41) is 21.1. The van der Waals surface area contributed by atoms with Crippen molar-refractivity contribution in [1.82, 2.24) is 55.7 Å². The highest BCUT2D eigenvalue weighted by molar-refractivity contribution is 6.06. The van der Waals surface area contributed by atoms with E-state index >= 15 is 0 Å². The molecule has 0 radical (unpaired) electrons. The fraction of sp³-hybridized carbons (Fsp3) is 0.486. The standard InChI is InChI=1S/C37H49N11O5/c1-21(2)32-34-41-25(6)45-48(34)20-30(50)38-15-17-47(37(53)27-18-22(3)39-33-31(27)23(4)44-46(33)7)16-11-14-29(49)40-24(5)35(51)42-28(36(52)43-32)19-26-12-9-8-10-13-26/h8-10,12-13,18,21,24,28,32H,11,14-17,19-20H2,1-7H3,(H,38,50)(H,40,49)(H,42,51)(H,43,52)/t24-,28+,32-/m0/s1. The van der Waals surface area contributed by atoms with Crippen molar-refractivity contribution in [2.75, 3.05) is 19.6 Å². The number of amides is 5. The molecule has 1 aliphatic heterocycles. The highest BCUT2D eigenvalue weighted by atomic mass is 16.2. The minimum atomic E-state index is -0.983. The molecule has 282 valence electrons. The topological polar surface area (TPSA) is 198 Å². The molecule has 3 atom stereocenters. The van der Waals surface area contributed by atoms with Crippen LogP contribution >= 0.6 is 0 Å². The minimum Gasteiger partial charge on any atom is -0.353 e. The van der Waals surface area contributed by atoms with Crippen LogP contribution in [0.2, 0.25) is 0 Å². The number of carbonyl (C=O) groups is 5. The van der Waals surface area contributed by atoms with Gasteiger partial charge in [-0.2, -0.15) is 10.2 Å². The van der Waals surface area contributed by atoms with Crippen LogP contribution in [0, 0.1) is 26.7 Å². The summed E-state index contributed by atoms with van der Waals surface area (Å²) in [6, 6.07) is 8.45. The molecule has 4 aromatic rings. The molecular formula is C37H49N11O5. The second-order valence-electron chi connectivity index (χ2n) is 13.9. The van der Waals surface area contributed by atoms with Crippen LogP contribution in [0.25, 0.3) is 11.0 Å². The lowest BCUT2D eigenvalue weighted by Crippen LogP contribution is -2.54. The van der Waals surface area contributed by atoms with Crippen LogP contribution in [0.15, 0.2) is 36.4 Å². The third kappa shape index (κ3) is 9.42. The Labute approximate surface area is 308 Å². The third-order valence-electron chi connectivity index (χ3n) is 9.18. The van der Waals surface area contributed by atoms with E-state index in [0.29, 0.717) is 39.6 Å². The molecular weight excluding hydrogens is 678 g/mol. The molecule has 16 heteroatoms. The van der Waals surface area contributed by atoms with Gasteiger partial charge in [0.2, 0.25) is 23.6 Å². The number of aromatic nitrogens is 6. The molecule has 0 bridgehead atoms. The Bertz CT molecular complexity index is 1990. The van der Waals surface area contributed by atoms with Gasteiger partial charge in [-0.25, -0.2) is 14.6 Å². The van der Waals surface area contributed by atoms with Gasteiger partial charge in [0.25, 0.3) is 5.91 Å². The zero-order chi connectivity index (χ0) is 38.4. The van der Waals surface area contributed by atoms with Gasteiger partial charge in [0.15, 0.2) is 11.5 Å². The maximum absolute atomic E-state index is 14.2. The van der Waals surface area contributed by atoms with E-state index in [1.165, 1.54) is 4.68 Å². The fourth-order valence-electron chi connectivity index (χ4n) is 6.51. The van der Waals surface area contributed by atoms with Crippen LogP contribution in [0.5, 0.6) is 0 Å². The number of rotatable bonds is 4. The molecule has 0 unspecified atom stereocenters. The molecule has 4 heterocycles. The lowest BCUT2D eigenvalue weighted by Gasteiger charge is -2.27. The molecule has 5 amide bonds. The largest absolute Gasteiger partial charge is 0.353 e. The number of hydrogen-bond acceptors (Lipinski definition) is 9. The fourth-order valence-corrected chi connectivity index (χ4v) is 6.51. The number of fused-ring (bicyclic) bond motifs is 2. The molecule has 4 N–H and O–H groups in total. The van der Waals surface area contributed by atoms with Gasteiger partial charge < -0.3 is 26.2 Å². The van der Waals surface area contributed by atoms with Gasteiger partial charge in [-0.3, -0.25) is 28.7 Å². The van der Waals surface area contributed by atoms with Crippen molar-refractivity contribution in [3.8, 4) is 0 Å². The number of aryl methyl sites for hydroxylation is 4. The van der Waals surface area contributed by atoms with Gasteiger partial charge in [-0.15, -0.1) is 0 Å². The zero-order valence-electron chi connectivity index (χ0n) is 31.4. The Morgan fingerprint density at radius 2 is 1.66 bits per heavy atom. The van der Waals surface area contributed by atoms with E-state index < -0.39 is 29.9 Å². The first kappa shape index (κ1) is 38.6. The minimum absolute atomic E-state index is 0.0306. The number of nitrogens with zero attached hydrogens (tertiary/aromatic N) is 7. The van der Waals surface area contributed by atoms with Crippen LogP contribution in [-0.2, 0) is 39.2 Å². The Kier molecular flexibility index (Phi) is 12.2. The molecule has 0 fully saturated rings. The number of carbonyl (C=O) groups excluding carboxylic acids is 5. The van der Waals surface area contributed by atoms with E-state index in [2.05, 4.69) is 41.4 Å². The van der Waals surface area contributed by atoms with Gasteiger partial charge in [-0.1, -0.05) is 44.2 Å². The van der Waals surface area contributed by atoms with Gasteiger partial charge in [0.05, 0.1) is 22.7 Å².